The van der Waals surface area contributed by atoms with Gasteiger partial charge in [0.25, 0.3) is 0 Å². The lowest BCUT2D eigenvalue weighted by Gasteiger charge is -2.37. The molecule has 7 heteroatoms. The van der Waals surface area contributed by atoms with Crippen molar-refractivity contribution in [2.75, 3.05) is 6.54 Å². The summed E-state index contributed by atoms with van der Waals surface area (Å²) in [6.07, 6.45) is 6.73. The third-order valence-electron chi connectivity index (χ3n) is 6.72. The van der Waals surface area contributed by atoms with Crippen molar-refractivity contribution in [2.45, 2.75) is 63.5 Å². The molecule has 1 aromatic carbocycles. The highest BCUT2D eigenvalue weighted by Gasteiger charge is 2.54. The molecule has 3 amide bonds. The Morgan fingerprint density at radius 3 is 2.78 bits per heavy atom. The van der Waals surface area contributed by atoms with Crippen molar-refractivity contribution < 1.29 is 18.8 Å². The summed E-state index contributed by atoms with van der Waals surface area (Å²) >= 11 is 0. The Hall–Kier alpha value is -3.09. The number of pyridine rings is 1. The number of piperidine rings is 1. The fraction of sp³-hybridized carbons (Fsp3) is 0.440. The summed E-state index contributed by atoms with van der Waals surface area (Å²) in [6.45, 7) is 2.79. The number of aromatic nitrogens is 1. The number of benzene rings is 1. The van der Waals surface area contributed by atoms with Crippen LogP contribution >= 0.6 is 0 Å². The summed E-state index contributed by atoms with van der Waals surface area (Å²) in [7, 11) is 0. The summed E-state index contributed by atoms with van der Waals surface area (Å²) in [6, 6.07) is 9.41. The first-order valence-corrected chi connectivity index (χ1v) is 11.2. The van der Waals surface area contributed by atoms with Crippen LogP contribution in [0.5, 0.6) is 0 Å². The highest BCUT2D eigenvalue weighted by molar-refractivity contribution is 6.10. The van der Waals surface area contributed by atoms with Crippen molar-refractivity contribution in [3.63, 3.8) is 0 Å². The van der Waals surface area contributed by atoms with E-state index >= 15 is 0 Å². The SMILES string of the molecule is CC[C@H]1CCCCN1C(=O)C[C@@]1(c2cccc(F)c2)CC(=O)N(Cc2cccnc2)C1=O. The molecule has 1 aromatic heterocycles. The predicted molar refractivity (Wildman–Crippen MR) is 117 cm³/mol. The lowest BCUT2D eigenvalue weighted by molar-refractivity contribution is -0.144. The van der Waals surface area contributed by atoms with E-state index in [1.165, 1.54) is 23.1 Å². The maximum Gasteiger partial charge on any atom is 0.241 e. The van der Waals surface area contributed by atoms with Crippen LogP contribution in [0.25, 0.3) is 0 Å². The van der Waals surface area contributed by atoms with E-state index in [2.05, 4.69) is 11.9 Å². The summed E-state index contributed by atoms with van der Waals surface area (Å²) in [5.74, 6) is -1.45. The minimum Gasteiger partial charge on any atom is -0.340 e. The first kappa shape index (κ1) is 22.1. The first-order chi connectivity index (χ1) is 15.4. The van der Waals surface area contributed by atoms with Crippen molar-refractivity contribution in [1.29, 1.82) is 0 Å². The molecule has 6 nitrogen and oxygen atoms in total. The van der Waals surface area contributed by atoms with Gasteiger partial charge in [0.2, 0.25) is 17.7 Å². The van der Waals surface area contributed by atoms with Crippen molar-refractivity contribution in [3.8, 4) is 0 Å². The Bertz CT molecular complexity index is 1010. The lowest BCUT2D eigenvalue weighted by atomic mass is 9.75. The average molecular weight is 438 g/mol. The highest BCUT2D eigenvalue weighted by Crippen LogP contribution is 2.41. The van der Waals surface area contributed by atoms with Gasteiger partial charge in [-0.1, -0.05) is 25.1 Å². The molecule has 0 bridgehead atoms. The molecular formula is C25H28FN3O3. The third kappa shape index (κ3) is 4.16. The van der Waals surface area contributed by atoms with Gasteiger partial charge in [-0.3, -0.25) is 24.3 Å². The molecule has 2 fully saturated rings. The molecule has 2 aliphatic rings. The van der Waals surface area contributed by atoms with Crippen molar-refractivity contribution in [2.24, 2.45) is 0 Å². The zero-order valence-electron chi connectivity index (χ0n) is 18.3. The average Bonchev–Trinajstić information content (AvgIpc) is 3.04. The number of carbonyl (C=O) groups excluding carboxylic acids is 3. The number of nitrogens with zero attached hydrogens (tertiary/aromatic N) is 3. The maximum absolute atomic E-state index is 14.2. The molecule has 0 spiro atoms. The van der Waals surface area contributed by atoms with E-state index in [1.807, 2.05) is 4.90 Å². The highest BCUT2D eigenvalue weighted by atomic mass is 19.1. The first-order valence-electron chi connectivity index (χ1n) is 11.2. The Morgan fingerprint density at radius 1 is 1.22 bits per heavy atom. The van der Waals surface area contributed by atoms with Gasteiger partial charge < -0.3 is 4.90 Å². The van der Waals surface area contributed by atoms with Crippen LogP contribution in [0.15, 0.2) is 48.8 Å². The Kier molecular flexibility index (Phi) is 6.35. The van der Waals surface area contributed by atoms with E-state index in [0.717, 1.165) is 31.2 Å². The molecule has 0 unspecified atom stereocenters. The van der Waals surface area contributed by atoms with E-state index in [4.69, 9.17) is 0 Å². The molecule has 0 saturated carbocycles. The number of likely N-dealkylation sites (tertiary alicyclic amines) is 2. The molecule has 2 aliphatic heterocycles. The Labute approximate surface area is 187 Å². The standard InChI is InChI=1S/C25H28FN3O3/c1-2-21-10-3-4-12-28(21)22(30)14-25(19-8-5-9-20(26)13-19)15-23(31)29(24(25)32)17-18-7-6-11-27-16-18/h5-9,11,13,16,21H,2-4,10,12,14-15,17H2,1H3/t21-,25-/m0/s1. The molecule has 168 valence electrons. The van der Waals surface area contributed by atoms with E-state index in [0.29, 0.717) is 12.1 Å². The van der Waals surface area contributed by atoms with Crippen molar-refractivity contribution in [3.05, 3.63) is 65.7 Å². The molecule has 0 radical (unpaired) electrons. The van der Waals surface area contributed by atoms with Gasteiger partial charge in [-0.25, -0.2) is 4.39 Å². The minimum absolute atomic E-state index is 0.0814. The molecule has 4 rings (SSSR count). The van der Waals surface area contributed by atoms with E-state index in [9.17, 15) is 18.8 Å². The van der Waals surface area contributed by atoms with Crippen LogP contribution in [-0.2, 0) is 26.3 Å². The summed E-state index contributed by atoms with van der Waals surface area (Å²) in [5.41, 5.74) is -0.297. The van der Waals surface area contributed by atoms with Gasteiger partial charge in [0, 0.05) is 37.8 Å². The summed E-state index contributed by atoms with van der Waals surface area (Å²) in [5, 5.41) is 0. The number of amides is 3. The zero-order chi connectivity index (χ0) is 22.7. The molecule has 3 heterocycles. The second-order valence-electron chi connectivity index (χ2n) is 8.74. The van der Waals surface area contributed by atoms with Crippen molar-refractivity contribution in [1.82, 2.24) is 14.8 Å². The molecule has 2 atom stereocenters. The predicted octanol–water partition coefficient (Wildman–Crippen LogP) is 3.60. The fourth-order valence-corrected chi connectivity index (χ4v) is 5.00. The quantitative estimate of drug-likeness (QED) is 0.648. The topological polar surface area (TPSA) is 70.6 Å². The van der Waals surface area contributed by atoms with Gasteiger partial charge in [-0.15, -0.1) is 0 Å². The van der Waals surface area contributed by atoms with Gasteiger partial charge >= 0.3 is 0 Å². The minimum atomic E-state index is -1.39. The molecule has 2 saturated heterocycles. The smallest absolute Gasteiger partial charge is 0.241 e. The van der Waals surface area contributed by atoms with Crippen LogP contribution in [0, 0.1) is 5.82 Å². The molecule has 0 aliphatic carbocycles. The van der Waals surface area contributed by atoms with E-state index < -0.39 is 17.1 Å². The number of hydrogen-bond donors (Lipinski definition) is 0. The fourth-order valence-electron chi connectivity index (χ4n) is 5.00. The third-order valence-corrected chi connectivity index (χ3v) is 6.72. The molecule has 32 heavy (non-hydrogen) atoms. The normalized spacial score (nSPS) is 23.6. The maximum atomic E-state index is 14.2. The summed E-state index contributed by atoms with van der Waals surface area (Å²) in [4.78, 5) is 47.3. The van der Waals surface area contributed by atoms with Crippen LogP contribution in [0.3, 0.4) is 0 Å². The van der Waals surface area contributed by atoms with Crippen molar-refractivity contribution >= 4 is 17.7 Å². The van der Waals surface area contributed by atoms with E-state index in [1.54, 1.807) is 30.6 Å². The second kappa shape index (κ2) is 9.18. The second-order valence-corrected chi connectivity index (χ2v) is 8.74. The van der Waals surface area contributed by atoms with Gasteiger partial charge in [0.1, 0.15) is 5.82 Å². The largest absolute Gasteiger partial charge is 0.340 e. The Morgan fingerprint density at radius 2 is 2.06 bits per heavy atom. The van der Waals surface area contributed by atoms with Gasteiger partial charge in [0.05, 0.1) is 12.0 Å². The number of rotatable bonds is 6. The lowest BCUT2D eigenvalue weighted by Crippen LogP contribution is -2.48. The number of carbonyl (C=O) groups is 3. The van der Waals surface area contributed by atoms with Gasteiger partial charge in [0.15, 0.2) is 0 Å². The van der Waals surface area contributed by atoms with E-state index in [-0.39, 0.29) is 37.2 Å². The molecule has 2 aromatic rings. The van der Waals surface area contributed by atoms with Crippen LogP contribution < -0.4 is 0 Å². The number of halogens is 1. The summed E-state index contributed by atoms with van der Waals surface area (Å²) < 4.78 is 14.2. The van der Waals surface area contributed by atoms with Crippen LogP contribution in [0.2, 0.25) is 0 Å². The molecule has 0 N–H and O–H groups in total. The van der Waals surface area contributed by atoms with Gasteiger partial charge in [-0.2, -0.15) is 0 Å². The Balaban J connectivity index is 1.68. The molecular weight excluding hydrogens is 409 g/mol. The zero-order valence-corrected chi connectivity index (χ0v) is 18.3. The van der Waals surface area contributed by atoms with Gasteiger partial charge in [-0.05, 0) is 55.0 Å². The number of hydrogen-bond acceptors (Lipinski definition) is 4. The van der Waals surface area contributed by atoms with Crippen LogP contribution in [-0.4, -0.2) is 45.1 Å². The van der Waals surface area contributed by atoms with Crippen LogP contribution in [0.1, 0.15) is 56.6 Å². The monoisotopic (exact) mass is 437 g/mol. The van der Waals surface area contributed by atoms with Crippen LogP contribution in [0.4, 0.5) is 4.39 Å². The number of imide groups is 1.